The standard InChI is InChI=1S/C18H36N2O4/c1-15(2)13-18(22)19-8-6-10-24-12-11-23-9-5-7-17(21)20-14-16(3)4/h15-16H,5-14H2,1-4H3,(H,19,22)(H,20,21). The van der Waals surface area contributed by atoms with Crippen molar-refractivity contribution in [3.8, 4) is 0 Å². The van der Waals surface area contributed by atoms with Crippen LogP contribution in [0.25, 0.3) is 0 Å². The van der Waals surface area contributed by atoms with Crippen molar-refractivity contribution < 1.29 is 19.1 Å². The Morgan fingerprint density at radius 3 is 2.00 bits per heavy atom. The highest BCUT2D eigenvalue weighted by Crippen LogP contribution is 1.98. The Morgan fingerprint density at radius 1 is 0.792 bits per heavy atom. The monoisotopic (exact) mass is 344 g/mol. The Balaban J connectivity index is 3.23. The van der Waals surface area contributed by atoms with Gasteiger partial charge in [0, 0.05) is 39.1 Å². The molecular formula is C18H36N2O4. The minimum absolute atomic E-state index is 0.0862. The van der Waals surface area contributed by atoms with Crippen LogP contribution in [0.1, 0.15) is 53.4 Å². The lowest BCUT2D eigenvalue weighted by Gasteiger charge is -2.09. The van der Waals surface area contributed by atoms with Crippen molar-refractivity contribution in [3.05, 3.63) is 0 Å². The van der Waals surface area contributed by atoms with Crippen LogP contribution in [-0.4, -0.2) is 51.3 Å². The van der Waals surface area contributed by atoms with Gasteiger partial charge in [-0.2, -0.15) is 0 Å². The highest BCUT2D eigenvalue weighted by molar-refractivity contribution is 5.76. The molecule has 2 amide bonds. The molecule has 24 heavy (non-hydrogen) atoms. The van der Waals surface area contributed by atoms with E-state index in [-0.39, 0.29) is 11.8 Å². The van der Waals surface area contributed by atoms with Gasteiger partial charge >= 0.3 is 0 Å². The third-order valence-electron chi connectivity index (χ3n) is 3.15. The second-order valence-electron chi connectivity index (χ2n) is 6.83. The van der Waals surface area contributed by atoms with Gasteiger partial charge in [-0.15, -0.1) is 0 Å². The van der Waals surface area contributed by atoms with E-state index in [4.69, 9.17) is 9.47 Å². The number of amides is 2. The van der Waals surface area contributed by atoms with E-state index in [9.17, 15) is 9.59 Å². The first-order chi connectivity index (χ1) is 11.4. The molecule has 0 rings (SSSR count). The van der Waals surface area contributed by atoms with Crippen LogP contribution in [0.3, 0.4) is 0 Å². The number of ether oxygens (including phenoxy) is 2. The quantitative estimate of drug-likeness (QED) is 0.446. The predicted octanol–water partition coefficient (Wildman–Crippen LogP) is 2.12. The van der Waals surface area contributed by atoms with Crippen molar-refractivity contribution in [2.45, 2.75) is 53.4 Å². The molecule has 0 aromatic rings. The van der Waals surface area contributed by atoms with Crippen molar-refractivity contribution in [1.29, 1.82) is 0 Å². The Labute approximate surface area is 147 Å². The molecule has 0 aliphatic rings. The second-order valence-corrected chi connectivity index (χ2v) is 6.83. The molecular weight excluding hydrogens is 308 g/mol. The molecule has 0 spiro atoms. The molecule has 0 bridgehead atoms. The number of carbonyl (C=O) groups is 2. The van der Waals surface area contributed by atoms with E-state index >= 15 is 0 Å². The molecule has 0 fully saturated rings. The predicted molar refractivity (Wildman–Crippen MR) is 95.8 cm³/mol. The van der Waals surface area contributed by atoms with E-state index in [0.717, 1.165) is 19.4 Å². The first-order valence-corrected chi connectivity index (χ1v) is 9.10. The maximum absolute atomic E-state index is 11.5. The first-order valence-electron chi connectivity index (χ1n) is 9.10. The Morgan fingerprint density at radius 2 is 1.42 bits per heavy atom. The molecule has 2 N–H and O–H groups in total. The third kappa shape index (κ3) is 17.2. The van der Waals surface area contributed by atoms with Gasteiger partial charge in [0.15, 0.2) is 0 Å². The van der Waals surface area contributed by atoms with E-state index in [0.29, 0.717) is 57.6 Å². The summed E-state index contributed by atoms with van der Waals surface area (Å²) in [5, 5.41) is 5.75. The van der Waals surface area contributed by atoms with Crippen LogP contribution in [0.2, 0.25) is 0 Å². The fourth-order valence-corrected chi connectivity index (χ4v) is 1.91. The molecule has 0 radical (unpaired) electrons. The molecule has 142 valence electrons. The van der Waals surface area contributed by atoms with Crippen LogP contribution in [0.4, 0.5) is 0 Å². The zero-order valence-corrected chi connectivity index (χ0v) is 15.9. The van der Waals surface area contributed by atoms with Crippen molar-refractivity contribution in [2.24, 2.45) is 11.8 Å². The Hall–Kier alpha value is -1.14. The SMILES string of the molecule is CC(C)CNC(=O)CCCOCCOCCCNC(=O)CC(C)C. The zero-order chi connectivity index (χ0) is 18.2. The Bertz CT molecular complexity index is 333. The van der Waals surface area contributed by atoms with E-state index in [1.165, 1.54) is 0 Å². The lowest BCUT2D eigenvalue weighted by atomic mass is 10.1. The molecule has 0 atom stereocenters. The second kappa shape index (κ2) is 15.4. The molecule has 0 unspecified atom stereocenters. The van der Waals surface area contributed by atoms with Gasteiger partial charge in [-0.3, -0.25) is 9.59 Å². The summed E-state index contributed by atoms with van der Waals surface area (Å²) in [6, 6.07) is 0. The summed E-state index contributed by atoms with van der Waals surface area (Å²) >= 11 is 0. The minimum Gasteiger partial charge on any atom is -0.379 e. The summed E-state index contributed by atoms with van der Waals surface area (Å²) in [6.07, 6.45) is 2.61. The summed E-state index contributed by atoms with van der Waals surface area (Å²) in [6.45, 7) is 11.8. The number of carbonyl (C=O) groups excluding carboxylic acids is 2. The molecule has 0 aliphatic carbocycles. The highest BCUT2D eigenvalue weighted by Gasteiger charge is 2.03. The number of hydrogen-bond donors (Lipinski definition) is 2. The van der Waals surface area contributed by atoms with Crippen LogP contribution in [0.15, 0.2) is 0 Å². The van der Waals surface area contributed by atoms with Gasteiger partial charge < -0.3 is 20.1 Å². The van der Waals surface area contributed by atoms with E-state index in [1.807, 2.05) is 13.8 Å². The zero-order valence-electron chi connectivity index (χ0n) is 15.9. The van der Waals surface area contributed by atoms with Gasteiger partial charge in [-0.1, -0.05) is 27.7 Å². The van der Waals surface area contributed by atoms with Crippen LogP contribution >= 0.6 is 0 Å². The first kappa shape index (κ1) is 22.9. The summed E-state index contributed by atoms with van der Waals surface area (Å²) in [5.74, 6) is 1.05. The highest BCUT2D eigenvalue weighted by atomic mass is 16.5. The topological polar surface area (TPSA) is 76.7 Å². The van der Waals surface area contributed by atoms with Crippen molar-refractivity contribution in [1.82, 2.24) is 10.6 Å². The number of hydrogen-bond acceptors (Lipinski definition) is 4. The van der Waals surface area contributed by atoms with Crippen molar-refractivity contribution in [3.63, 3.8) is 0 Å². The average Bonchev–Trinajstić information content (AvgIpc) is 2.49. The molecule has 0 heterocycles. The minimum atomic E-state index is 0.0862. The third-order valence-corrected chi connectivity index (χ3v) is 3.15. The van der Waals surface area contributed by atoms with Crippen molar-refractivity contribution >= 4 is 11.8 Å². The van der Waals surface area contributed by atoms with E-state index in [2.05, 4.69) is 24.5 Å². The summed E-state index contributed by atoms with van der Waals surface area (Å²) in [7, 11) is 0. The molecule has 0 aliphatic heterocycles. The summed E-state index contributed by atoms with van der Waals surface area (Å²) in [4.78, 5) is 22.9. The lowest BCUT2D eigenvalue weighted by molar-refractivity contribution is -0.122. The maximum Gasteiger partial charge on any atom is 0.220 e. The maximum atomic E-state index is 11.5. The average molecular weight is 344 g/mol. The smallest absolute Gasteiger partial charge is 0.220 e. The van der Waals surface area contributed by atoms with Gasteiger partial charge in [0.25, 0.3) is 0 Å². The molecule has 6 heteroatoms. The fourth-order valence-electron chi connectivity index (χ4n) is 1.91. The van der Waals surface area contributed by atoms with Crippen LogP contribution in [-0.2, 0) is 19.1 Å². The number of nitrogens with one attached hydrogen (secondary N) is 2. The van der Waals surface area contributed by atoms with Crippen molar-refractivity contribution in [2.75, 3.05) is 39.5 Å². The molecule has 6 nitrogen and oxygen atoms in total. The van der Waals surface area contributed by atoms with Gasteiger partial charge in [-0.05, 0) is 24.7 Å². The van der Waals surface area contributed by atoms with Gasteiger partial charge in [0.2, 0.25) is 11.8 Å². The van der Waals surface area contributed by atoms with Crippen LogP contribution in [0, 0.1) is 11.8 Å². The van der Waals surface area contributed by atoms with Crippen LogP contribution in [0.5, 0.6) is 0 Å². The van der Waals surface area contributed by atoms with Gasteiger partial charge in [-0.25, -0.2) is 0 Å². The number of rotatable bonds is 15. The normalized spacial score (nSPS) is 11.1. The molecule has 0 saturated heterocycles. The largest absolute Gasteiger partial charge is 0.379 e. The van der Waals surface area contributed by atoms with Crippen LogP contribution < -0.4 is 10.6 Å². The lowest BCUT2D eigenvalue weighted by Crippen LogP contribution is -2.27. The summed E-state index contributed by atoms with van der Waals surface area (Å²) < 4.78 is 10.9. The molecule has 0 aromatic carbocycles. The van der Waals surface area contributed by atoms with Gasteiger partial charge in [0.1, 0.15) is 0 Å². The fraction of sp³-hybridized carbons (Fsp3) is 0.889. The molecule has 0 aromatic heterocycles. The van der Waals surface area contributed by atoms with Gasteiger partial charge in [0.05, 0.1) is 13.2 Å². The van der Waals surface area contributed by atoms with E-state index < -0.39 is 0 Å². The Kier molecular flexibility index (Phi) is 14.7. The summed E-state index contributed by atoms with van der Waals surface area (Å²) in [5.41, 5.74) is 0. The molecule has 0 saturated carbocycles. The van der Waals surface area contributed by atoms with E-state index in [1.54, 1.807) is 0 Å².